The molecule has 0 aromatic heterocycles. The molecule has 1 aromatic carbocycles. The topological polar surface area (TPSA) is 81.5 Å². The molecule has 0 aliphatic rings. The van der Waals surface area contributed by atoms with E-state index in [0.717, 1.165) is 5.56 Å². The van der Waals surface area contributed by atoms with E-state index in [4.69, 9.17) is 4.74 Å². The predicted molar refractivity (Wildman–Crippen MR) is 67.6 cm³/mol. The zero-order valence-corrected chi connectivity index (χ0v) is 10.4. The molecule has 98 valence electrons. The van der Waals surface area contributed by atoms with Crippen LogP contribution in [0.3, 0.4) is 0 Å². The minimum absolute atomic E-state index is 0.0358. The van der Waals surface area contributed by atoms with Gasteiger partial charge in [0.1, 0.15) is 0 Å². The fourth-order valence-electron chi connectivity index (χ4n) is 1.51. The van der Waals surface area contributed by atoms with Crippen molar-refractivity contribution in [3.63, 3.8) is 0 Å². The summed E-state index contributed by atoms with van der Waals surface area (Å²) in [5.41, 5.74) is 1.46. The highest BCUT2D eigenvalue weighted by Gasteiger charge is 2.08. The second kappa shape index (κ2) is 6.58. The highest BCUT2D eigenvalue weighted by Crippen LogP contribution is 2.20. The number of carbonyl (C=O) groups is 1. The van der Waals surface area contributed by atoms with Crippen LogP contribution in [0.1, 0.15) is 18.9 Å². The number of nitrogens with one attached hydrogen (secondary N) is 1. The van der Waals surface area contributed by atoms with E-state index in [9.17, 15) is 14.9 Å². The maximum absolute atomic E-state index is 11.1. The SMILES string of the molecule is CCOC(=O)CCNc1cc(C)cc([N+](=O)[O-])c1. The molecule has 0 aliphatic carbocycles. The van der Waals surface area contributed by atoms with Crippen LogP contribution in [0.4, 0.5) is 11.4 Å². The Labute approximate surface area is 105 Å². The largest absolute Gasteiger partial charge is 0.466 e. The summed E-state index contributed by atoms with van der Waals surface area (Å²) in [7, 11) is 0. The molecule has 1 N–H and O–H groups in total. The average Bonchev–Trinajstić information content (AvgIpc) is 2.28. The smallest absolute Gasteiger partial charge is 0.307 e. The number of rotatable bonds is 6. The fraction of sp³-hybridized carbons (Fsp3) is 0.417. The van der Waals surface area contributed by atoms with Crippen molar-refractivity contribution in [3.05, 3.63) is 33.9 Å². The van der Waals surface area contributed by atoms with Crippen molar-refractivity contribution in [2.45, 2.75) is 20.3 Å². The van der Waals surface area contributed by atoms with Crippen LogP contribution >= 0.6 is 0 Å². The number of non-ortho nitro benzene ring substituents is 1. The van der Waals surface area contributed by atoms with Gasteiger partial charge in [-0.05, 0) is 25.5 Å². The first-order valence-electron chi connectivity index (χ1n) is 5.68. The molecule has 0 aliphatic heterocycles. The van der Waals surface area contributed by atoms with Crippen molar-refractivity contribution in [1.29, 1.82) is 0 Å². The van der Waals surface area contributed by atoms with Crippen LogP contribution in [-0.4, -0.2) is 24.0 Å². The number of anilines is 1. The summed E-state index contributed by atoms with van der Waals surface area (Å²) in [6.45, 7) is 4.27. The van der Waals surface area contributed by atoms with Gasteiger partial charge in [-0.3, -0.25) is 14.9 Å². The number of aryl methyl sites for hydroxylation is 1. The number of nitrogens with zero attached hydrogens (tertiary/aromatic N) is 1. The van der Waals surface area contributed by atoms with Gasteiger partial charge in [-0.15, -0.1) is 0 Å². The highest BCUT2D eigenvalue weighted by atomic mass is 16.6. The van der Waals surface area contributed by atoms with E-state index in [2.05, 4.69) is 5.32 Å². The van der Waals surface area contributed by atoms with Gasteiger partial charge in [0.2, 0.25) is 0 Å². The van der Waals surface area contributed by atoms with Crippen LogP contribution in [0, 0.1) is 17.0 Å². The summed E-state index contributed by atoms with van der Waals surface area (Å²) in [4.78, 5) is 21.3. The average molecular weight is 252 g/mol. The van der Waals surface area contributed by atoms with Gasteiger partial charge in [0, 0.05) is 24.4 Å². The van der Waals surface area contributed by atoms with Crippen LogP contribution in [0.15, 0.2) is 18.2 Å². The number of hydrogen-bond acceptors (Lipinski definition) is 5. The second-order valence-corrected chi connectivity index (χ2v) is 3.80. The summed E-state index contributed by atoms with van der Waals surface area (Å²) in [5, 5.41) is 13.6. The molecule has 18 heavy (non-hydrogen) atoms. The van der Waals surface area contributed by atoms with Crippen molar-refractivity contribution in [2.24, 2.45) is 0 Å². The zero-order chi connectivity index (χ0) is 13.5. The lowest BCUT2D eigenvalue weighted by molar-refractivity contribution is -0.384. The molecule has 0 spiro atoms. The molecule has 6 heteroatoms. The van der Waals surface area contributed by atoms with Crippen molar-refractivity contribution >= 4 is 17.3 Å². The lowest BCUT2D eigenvalue weighted by Crippen LogP contribution is -2.11. The number of nitro benzene ring substituents is 1. The first-order valence-corrected chi connectivity index (χ1v) is 5.68. The molecule has 0 amide bonds. The lowest BCUT2D eigenvalue weighted by atomic mass is 10.2. The number of benzene rings is 1. The Balaban J connectivity index is 2.57. The Morgan fingerprint density at radius 1 is 1.44 bits per heavy atom. The minimum atomic E-state index is -0.441. The van der Waals surface area contributed by atoms with Crippen molar-refractivity contribution < 1.29 is 14.5 Å². The molecule has 1 aromatic rings. The fourth-order valence-corrected chi connectivity index (χ4v) is 1.51. The molecule has 0 atom stereocenters. The third-order valence-corrected chi connectivity index (χ3v) is 2.24. The monoisotopic (exact) mass is 252 g/mol. The molecule has 0 bridgehead atoms. The van der Waals surface area contributed by atoms with E-state index in [-0.39, 0.29) is 18.1 Å². The molecule has 6 nitrogen and oxygen atoms in total. The van der Waals surface area contributed by atoms with Crippen molar-refractivity contribution in [1.82, 2.24) is 0 Å². The Morgan fingerprint density at radius 2 is 2.17 bits per heavy atom. The van der Waals surface area contributed by atoms with Gasteiger partial charge in [-0.1, -0.05) is 0 Å². The number of esters is 1. The summed E-state index contributed by atoms with van der Waals surface area (Å²) >= 11 is 0. The highest BCUT2D eigenvalue weighted by molar-refractivity contribution is 5.70. The normalized spacial score (nSPS) is 9.89. The third kappa shape index (κ3) is 4.40. The van der Waals surface area contributed by atoms with Gasteiger partial charge in [0.05, 0.1) is 18.0 Å². The Morgan fingerprint density at radius 3 is 2.78 bits per heavy atom. The lowest BCUT2D eigenvalue weighted by Gasteiger charge is -2.07. The molecular weight excluding hydrogens is 236 g/mol. The van der Waals surface area contributed by atoms with Crippen LogP contribution < -0.4 is 5.32 Å². The maximum Gasteiger partial charge on any atom is 0.307 e. The van der Waals surface area contributed by atoms with Gasteiger partial charge < -0.3 is 10.1 Å². The van der Waals surface area contributed by atoms with Crippen LogP contribution in [0.2, 0.25) is 0 Å². The molecule has 0 saturated heterocycles. The quantitative estimate of drug-likeness (QED) is 0.477. The van der Waals surface area contributed by atoms with Crippen molar-refractivity contribution in [3.8, 4) is 0 Å². The molecule has 1 rings (SSSR count). The first-order chi connectivity index (χ1) is 8.52. The number of carbonyl (C=O) groups excluding carboxylic acids is 1. The molecular formula is C12H16N2O4. The van der Waals surface area contributed by atoms with E-state index in [1.54, 1.807) is 19.9 Å². The van der Waals surface area contributed by atoms with Gasteiger partial charge in [-0.25, -0.2) is 0 Å². The first kappa shape index (κ1) is 14.0. The summed E-state index contributed by atoms with van der Waals surface area (Å²) < 4.78 is 4.78. The third-order valence-electron chi connectivity index (χ3n) is 2.24. The molecule has 0 fully saturated rings. The van der Waals surface area contributed by atoms with E-state index in [1.165, 1.54) is 12.1 Å². The van der Waals surface area contributed by atoms with Gasteiger partial charge in [0.25, 0.3) is 5.69 Å². The van der Waals surface area contributed by atoms with Gasteiger partial charge >= 0.3 is 5.97 Å². The number of ether oxygens (including phenoxy) is 1. The van der Waals surface area contributed by atoms with Crippen LogP contribution in [0.5, 0.6) is 0 Å². The minimum Gasteiger partial charge on any atom is -0.466 e. The van der Waals surface area contributed by atoms with Gasteiger partial charge in [0.15, 0.2) is 0 Å². The van der Waals surface area contributed by atoms with Crippen LogP contribution in [-0.2, 0) is 9.53 Å². The number of nitro groups is 1. The molecule has 0 radical (unpaired) electrons. The van der Waals surface area contributed by atoms with E-state index < -0.39 is 4.92 Å². The predicted octanol–water partition coefficient (Wildman–Crippen LogP) is 2.27. The summed E-state index contributed by atoms with van der Waals surface area (Å²) in [6, 6.07) is 4.73. The van der Waals surface area contributed by atoms with E-state index in [0.29, 0.717) is 18.8 Å². The Kier molecular flexibility index (Phi) is 5.10. The molecule has 0 heterocycles. The zero-order valence-electron chi connectivity index (χ0n) is 10.4. The Hall–Kier alpha value is -2.11. The summed E-state index contributed by atoms with van der Waals surface area (Å²) in [6.07, 6.45) is 0.232. The summed E-state index contributed by atoms with van der Waals surface area (Å²) in [5.74, 6) is -0.285. The molecule has 0 unspecified atom stereocenters. The standard InChI is InChI=1S/C12H16N2O4/c1-3-18-12(15)4-5-13-10-6-9(2)7-11(8-10)14(16)17/h6-8,13H,3-5H2,1-2H3. The van der Waals surface area contributed by atoms with Crippen molar-refractivity contribution in [2.75, 3.05) is 18.5 Å². The second-order valence-electron chi connectivity index (χ2n) is 3.80. The maximum atomic E-state index is 11.1. The van der Waals surface area contributed by atoms with E-state index in [1.807, 2.05) is 0 Å². The molecule has 0 saturated carbocycles. The van der Waals surface area contributed by atoms with E-state index >= 15 is 0 Å². The Bertz CT molecular complexity index is 446. The van der Waals surface area contributed by atoms with Gasteiger partial charge in [-0.2, -0.15) is 0 Å². The van der Waals surface area contributed by atoms with Crippen LogP contribution in [0.25, 0.3) is 0 Å². The number of hydrogen-bond donors (Lipinski definition) is 1.